The number of urea groups is 1. The molecule has 0 aliphatic carbocycles. The Balaban J connectivity index is 1.76. The predicted octanol–water partition coefficient (Wildman–Crippen LogP) is -0.358. The predicted molar refractivity (Wildman–Crippen MR) is 65.7 cm³/mol. The van der Waals surface area contributed by atoms with Gasteiger partial charge in [-0.3, -0.25) is 0 Å². The summed E-state index contributed by atoms with van der Waals surface area (Å²) in [6.45, 7) is 2.09. The highest BCUT2D eigenvalue weighted by atomic mass is 16.5. The maximum atomic E-state index is 11.9. The molecule has 3 atom stereocenters. The number of carbonyl (C=O) groups excluding carboxylic acids is 1. The van der Waals surface area contributed by atoms with Crippen molar-refractivity contribution in [3.8, 4) is 0 Å². The van der Waals surface area contributed by atoms with Crippen LogP contribution in [0, 0.1) is 5.92 Å². The Morgan fingerprint density at radius 3 is 2.84 bits per heavy atom. The van der Waals surface area contributed by atoms with Gasteiger partial charge in [0.2, 0.25) is 0 Å². The molecule has 2 aliphatic rings. The zero-order valence-corrected chi connectivity index (χ0v) is 10.7. The summed E-state index contributed by atoms with van der Waals surface area (Å²) in [6.07, 6.45) is 1.19. The first kappa shape index (κ1) is 14.1. The molecule has 1 unspecified atom stereocenters. The summed E-state index contributed by atoms with van der Waals surface area (Å²) in [5.74, 6) is -0.601. The van der Waals surface area contributed by atoms with Crippen LogP contribution in [0.25, 0.3) is 0 Å². The third-order valence-corrected chi connectivity index (χ3v) is 3.68. The molecule has 7 nitrogen and oxygen atoms in total. The second-order valence-electron chi connectivity index (χ2n) is 5.15. The van der Waals surface area contributed by atoms with E-state index >= 15 is 0 Å². The Morgan fingerprint density at radius 1 is 1.42 bits per heavy atom. The van der Waals surface area contributed by atoms with E-state index in [9.17, 15) is 14.7 Å². The van der Waals surface area contributed by atoms with Gasteiger partial charge < -0.3 is 25.2 Å². The van der Waals surface area contributed by atoms with E-state index in [1.807, 2.05) is 0 Å². The number of β-amino-alcohol motifs (C(OH)–C–C–N with tert-alkyl or cyclic N) is 1. The molecule has 0 spiro atoms. The lowest BCUT2D eigenvalue weighted by Gasteiger charge is -2.21. The summed E-state index contributed by atoms with van der Waals surface area (Å²) in [5, 5.41) is 21.2. The van der Waals surface area contributed by atoms with Crippen LogP contribution in [-0.4, -0.2) is 65.6 Å². The van der Waals surface area contributed by atoms with Crippen molar-refractivity contribution in [3.05, 3.63) is 0 Å². The van der Waals surface area contributed by atoms with Gasteiger partial charge in [-0.2, -0.15) is 0 Å². The van der Waals surface area contributed by atoms with Gasteiger partial charge >= 0.3 is 12.0 Å². The lowest BCUT2D eigenvalue weighted by molar-refractivity contribution is -0.141. The first-order valence-corrected chi connectivity index (χ1v) is 6.61. The van der Waals surface area contributed by atoms with Crippen molar-refractivity contribution >= 4 is 12.0 Å². The molecule has 0 radical (unpaired) electrons. The van der Waals surface area contributed by atoms with Crippen LogP contribution >= 0.6 is 0 Å². The van der Waals surface area contributed by atoms with Crippen molar-refractivity contribution in [3.63, 3.8) is 0 Å². The maximum Gasteiger partial charge on any atom is 0.326 e. The Labute approximate surface area is 111 Å². The van der Waals surface area contributed by atoms with E-state index in [4.69, 9.17) is 9.84 Å². The van der Waals surface area contributed by atoms with Crippen LogP contribution in [0.1, 0.15) is 19.3 Å². The molecule has 2 rings (SSSR count). The summed E-state index contributed by atoms with van der Waals surface area (Å²) < 4.78 is 5.24. The van der Waals surface area contributed by atoms with Crippen LogP contribution < -0.4 is 5.32 Å². The zero-order chi connectivity index (χ0) is 13.8. The van der Waals surface area contributed by atoms with Crippen LogP contribution in [0.2, 0.25) is 0 Å². The van der Waals surface area contributed by atoms with Gasteiger partial charge in [-0.05, 0) is 18.8 Å². The van der Waals surface area contributed by atoms with Crippen molar-refractivity contribution < 1.29 is 24.5 Å². The van der Waals surface area contributed by atoms with E-state index < -0.39 is 24.1 Å². The summed E-state index contributed by atoms with van der Waals surface area (Å²) in [7, 11) is 0. The fraction of sp³-hybridized carbons (Fsp3) is 0.833. The molecule has 3 N–H and O–H groups in total. The van der Waals surface area contributed by atoms with Crippen LogP contribution in [-0.2, 0) is 9.53 Å². The fourth-order valence-corrected chi connectivity index (χ4v) is 2.57. The third kappa shape index (κ3) is 3.57. The zero-order valence-electron chi connectivity index (χ0n) is 10.7. The standard InChI is InChI=1S/C12H20N2O5/c15-9-5-10(11(16)17)14(6-9)12(18)13-3-1-8-2-4-19-7-8/h8-10,15H,1-7H2,(H,13,18)(H,16,17)/t8?,9-,10-/m1/s1. The van der Waals surface area contributed by atoms with E-state index in [1.54, 1.807) is 0 Å². The molecular weight excluding hydrogens is 252 g/mol. The lowest BCUT2D eigenvalue weighted by atomic mass is 10.1. The molecule has 0 aromatic heterocycles. The van der Waals surface area contributed by atoms with E-state index in [-0.39, 0.29) is 13.0 Å². The summed E-state index contributed by atoms with van der Waals surface area (Å²) >= 11 is 0. The fourth-order valence-electron chi connectivity index (χ4n) is 2.57. The van der Waals surface area contributed by atoms with Crippen molar-refractivity contribution in [2.24, 2.45) is 5.92 Å². The number of carboxylic acids is 1. The molecule has 0 aromatic rings. The highest BCUT2D eigenvalue weighted by molar-refractivity contribution is 5.83. The molecule has 108 valence electrons. The smallest absolute Gasteiger partial charge is 0.326 e. The molecule has 2 amide bonds. The van der Waals surface area contributed by atoms with Crippen LogP contribution in [0.3, 0.4) is 0 Å². The summed E-state index contributed by atoms with van der Waals surface area (Å²) in [6, 6.07) is -1.34. The molecule has 2 fully saturated rings. The molecule has 2 aliphatic heterocycles. The van der Waals surface area contributed by atoms with Crippen molar-refractivity contribution in [2.75, 3.05) is 26.3 Å². The number of amides is 2. The quantitative estimate of drug-likeness (QED) is 0.649. The Bertz CT molecular complexity index is 343. The number of ether oxygens (including phenoxy) is 1. The number of nitrogens with zero attached hydrogens (tertiary/aromatic N) is 1. The number of carbonyl (C=O) groups is 2. The van der Waals surface area contributed by atoms with E-state index in [1.165, 1.54) is 4.90 Å². The molecule has 2 heterocycles. The lowest BCUT2D eigenvalue weighted by Crippen LogP contribution is -2.46. The molecule has 0 saturated carbocycles. The second-order valence-corrected chi connectivity index (χ2v) is 5.15. The number of aliphatic hydroxyl groups excluding tert-OH is 1. The van der Waals surface area contributed by atoms with Gasteiger partial charge in [0.15, 0.2) is 0 Å². The molecule has 0 aromatic carbocycles. The van der Waals surface area contributed by atoms with Crippen LogP contribution in [0.15, 0.2) is 0 Å². The van der Waals surface area contributed by atoms with Crippen molar-refractivity contribution in [1.82, 2.24) is 10.2 Å². The van der Waals surface area contributed by atoms with Gasteiger partial charge in [0.1, 0.15) is 6.04 Å². The van der Waals surface area contributed by atoms with E-state index in [2.05, 4.69) is 5.32 Å². The van der Waals surface area contributed by atoms with Crippen molar-refractivity contribution in [2.45, 2.75) is 31.4 Å². The van der Waals surface area contributed by atoms with Crippen molar-refractivity contribution in [1.29, 1.82) is 0 Å². The van der Waals surface area contributed by atoms with Crippen LogP contribution in [0.5, 0.6) is 0 Å². The first-order valence-electron chi connectivity index (χ1n) is 6.61. The largest absolute Gasteiger partial charge is 0.480 e. The highest BCUT2D eigenvalue weighted by Gasteiger charge is 2.38. The minimum Gasteiger partial charge on any atom is -0.480 e. The van der Waals surface area contributed by atoms with E-state index in [0.29, 0.717) is 12.5 Å². The SMILES string of the molecule is O=C(O)[C@H]1C[C@@H](O)CN1C(=O)NCCC1CCOC1. The summed E-state index contributed by atoms with van der Waals surface area (Å²) in [5.41, 5.74) is 0. The number of likely N-dealkylation sites (tertiary alicyclic amines) is 1. The van der Waals surface area contributed by atoms with Gasteiger partial charge in [0.25, 0.3) is 0 Å². The van der Waals surface area contributed by atoms with Gasteiger partial charge in [-0.1, -0.05) is 0 Å². The number of aliphatic carboxylic acids is 1. The third-order valence-electron chi connectivity index (χ3n) is 3.68. The number of nitrogens with one attached hydrogen (secondary N) is 1. The van der Waals surface area contributed by atoms with Crippen LogP contribution in [0.4, 0.5) is 4.79 Å². The number of aliphatic hydroxyl groups is 1. The number of hydrogen-bond acceptors (Lipinski definition) is 4. The molecular formula is C12H20N2O5. The summed E-state index contributed by atoms with van der Waals surface area (Å²) in [4.78, 5) is 24.1. The minimum atomic E-state index is -1.07. The number of carboxylic acid groups (broad SMARTS) is 1. The monoisotopic (exact) mass is 272 g/mol. The topological polar surface area (TPSA) is 99.1 Å². The molecule has 19 heavy (non-hydrogen) atoms. The highest BCUT2D eigenvalue weighted by Crippen LogP contribution is 2.19. The normalized spacial score (nSPS) is 30.6. The van der Waals surface area contributed by atoms with Gasteiger partial charge in [0.05, 0.1) is 6.10 Å². The Hall–Kier alpha value is -1.34. The maximum absolute atomic E-state index is 11.9. The average Bonchev–Trinajstić information content (AvgIpc) is 2.98. The number of rotatable bonds is 4. The molecule has 7 heteroatoms. The second kappa shape index (κ2) is 6.21. The van der Waals surface area contributed by atoms with Gasteiger partial charge in [-0.15, -0.1) is 0 Å². The molecule has 0 bridgehead atoms. The number of hydrogen-bond donors (Lipinski definition) is 3. The Kier molecular flexibility index (Phi) is 4.60. The van der Waals surface area contributed by atoms with E-state index in [0.717, 1.165) is 26.1 Å². The first-order chi connectivity index (χ1) is 9.08. The van der Waals surface area contributed by atoms with Gasteiger partial charge in [-0.25, -0.2) is 9.59 Å². The molecule has 2 saturated heterocycles. The Morgan fingerprint density at radius 2 is 2.21 bits per heavy atom. The average molecular weight is 272 g/mol. The van der Waals surface area contributed by atoms with Gasteiger partial charge in [0, 0.05) is 32.7 Å². The minimum absolute atomic E-state index is 0.0787.